The first kappa shape index (κ1) is 13.6. The van der Waals surface area contributed by atoms with E-state index in [2.05, 4.69) is 33.7 Å². The zero-order chi connectivity index (χ0) is 12.1. The van der Waals surface area contributed by atoms with Gasteiger partial charge >= 0.3 is 0 Å². The lowest BCUT2D eigenvalue weighted by Gasteiger charge is -2.25. The minimum absolute atomic E-state index is 0.230. The molecule has 2 saturated heterocycles. The number of hydrogen-bond donors (Lipinski definition) is 1. The van der Waals surface area contributed by atoms with Crippen LogP contribution in [0.5, 0.6) is 0 Å². The summed E-state index contributed by atoms with van der Waals surface area (Å²) in [5.41, 5.74) is 0. The first-order chi connectivity index (χ1) is 8.31. The molecule has 5 heteroatoms. The molecule has 98 valence electrons. The van der Waals surface area contributed by atoms with Gasteiger partial charge in [-0.05, 0) is 19.9 Å². The summed E-state index contributed by atoms with van der Waals surface area (Å²) in [6.45, 7) is 4.82. The van der Waals surface area contributed by atoms with Crippen molar-refractivity contribution in [2.45, 2.75) is 19.4 Å². The Hall–Kier alpha value is 0.130. The van der Waals surface area contributed by atoms with Gasteiger partial charge in [-0.25, -0.2) is 0 Å². The molecular formula is C12H22N2OS2. The Morgan fingerprint density at radius 1 is 1.35 bits per heavy atom. The summed E-state index contributed by atoms with van der Waals surface area (Å²) < 4.78 is 0. The quantitative estimate of drug-likeness (QED) is 0.841. The first-order valence-electron chi connectivity index (χ1n) is 6.48. The summed E-state index contributed by atoms with van der Waals surface area (Å²) in [6, 6.07) is 0.687. The lowest BCUT2D eigenvalue weighted by atomic mass is 10.1. The maximum Gasteiger partial charge on any atom is 0.224 e. The van der Waals surface area contributed by atoms with Crippen LogP contribution in [0.4, 0.5) is 0 Å². The summed E-state index contributed by atoms with van der Waals surface area (Å²) >= 11 is 4.14. The van der Waals surface area contributed by atoms with Gasteiger partial charge in [-0.2, -0.15) is 23.5 Å². The molecule has 0 bridgehead atoms. The van der Waals surface area contributed by atoms with Gasteiger partial charge in [-0.3, -0.25) is 9.69 Å². The topological polar surface area (TPSA) is 32.3 Å². The van der Waals surface area contributed by atoms with E-state index in [1.54, 1.807) is 0 Å². The molecule has 0 spiro atoms. The van der Waals surface area contributed by atoms with Crippen LogP contribution in [0.25, 0.3) is 0 Å². The molecule has 0 aromatic heterocycles. The van der Waals surface area contributed by atoms with Crippen LogP contribution >= 0.6 is 23.5 Å². The average molecular weight is 274 g/mol. The monoisotopic (exact) mass is 274 g/mol. The molecule has 2 fully saturated rings. The largest absolute Gasteiger partial charge is 0.356 e. The van der Waals surface area contributed by atoms with Gasteiger partial charge in [0, 0.05) is 42.1 Å². The van der Waals surface area contributed by atoms with Crippen molar-refractivity contribution in [2.24, 2.45) is 5.92 Å². The van der Waals surface area contributed by atoms with Gasteiger partial charge in [-0.15, -0.1) is 0 Å². The predicted octanol–water partition coefficient (Wildman–Crippen LogP) is 1.29. The molecule has 1 amide bonds. The number of likely N-dealkylation sites (tertiary alicyclic amines) is 1. The summed E-state index contributed by atoms with van der Waals surface area (Å²) in [6.07, 6.45) is 1.04. The van der Waals surface area contributed by atoms with E-state index in [9.17, 15) is 4.79 Å². The van der Waals surface area contributed by atoms with Gasteiger partial charge in [0.25, 0.3) is 0 Å². The molecular weight excluding hydrogens is 252 g/mol. The maximum atomic E-state index is 11.8. The van der Waals surface area contributed by atoms with Crippen molar-refractivity contribution < 1.29 is 4.79 Å². The maximum absolute atomic E-state index is 11.8. The first-order valence-corrected chi connectivity index (χ1v) is 8.79. The molecule has 0 aromatic rings. The van der Waals surface area contributed by atoms with Gasteiger partial charge in [0.1, 0.15) is 0 Å². The van der Waals surface area contributed by atoms with E-state index in [1.165, 1.54) is 23.0 Å². The van der Waals surface area contributed by atoms with E-state index < -0.39 is 0 Å². The van der Waals surface area contributed by atoms with Crippen LogP contribution in [0.3, 0.4) is 0 Å². The number of nitrogens with one attached hydrogen (secondary N) is 1. The number of carbonyl (C=O) groups excluding carboxylic acids is 1. The van der Waals surface area contributed by atoms with Crippen molar-refractivity contribution in [1.29, 1.82) is 0 Å². The highest BCUT2D eigenvalue weighted by Crippen LogP contribution is 2.25. The van der Waals surface area contributed by atoms with E-state index in [0.717, 1.165) is 26.1 Å². The van der Waals surface area contributed by atoms with Crippen molar-refractivity contribution in [1.82, 2.24) is 10.2 Å². The van der Waals surface area contributed by atoms with Crippen LogP contribution < -0.4 is 5.32 Å². The van der Waals surface area contributed by atoms with Crippen molar-refractivity contribution in [2.75, 3.05) is 42.6 Å². The van der Waals surface area contributed by atoms with Gasteiger partial charge < -0.3 is 5.32 Å². The zero-order valence-electron chi connectivity index (χ0n) is 10.5. The highest BCUT2D eigenvalue weighted by atomic mass is 32.2. The molecule has 0 radical (unpaired) electrons. The Morgan fingerprint density at radius 2 is 2.06 bits per heavy atom. The molecule has 0 aliphatic carbocycles. The molecule has 0 saturated carbocycles. The second kappa shape index (κ2) is 6.90. The number of thioether (sulfide) groups is 2. The molecule has 1 N–H and O–H groups in total. The lowest BCUT2D eigenvalue weighted by Crippen LogP contribution is -2.39. The van der Waals surface area contributed by atoms with Crippen LogP contribution in [0.2, 0.25) is 0 Å². The van der Waals surface area contributed by atoms with Crippen molar-refractivity contribution in [3.05, 3.63) is 0 Å². The Morgan fingerprint density at radius 3 is 2.71 bits per heavy atom. The fourth-order valence-electron chi connectivity index (χ4n) is 2.47. The molecule has 1 atom stereocenters. The second-order valence-corrected chi connectivity index (χ2v) is 6.98. The molecule has 2 heterocycles. The summed E-state index contributed by atoms with van der Waals surface area (Å²) in [7, 11) is 0. The van der Waals surface area contributed by atoms with Crippen LogP contribution in [0.15, 0.2) is 0 Å². The molecule has 17 heavy (non-hydrogen) atoms. The number of rotatable bonds is 3. The number of carbonyl (C=O) groups is 1. The van der Waals surface area contributed by atoms with E-state index >= 15 is 0 Å². The summed E-state index contributed by atoms with van der Waals surface area (Å²) in [4.78, 5) is 14.3. The van der Waals surface area contributed by atoms with Gasteiger partial charge in [-0.1, -0.05) is 0 Å². The average Bonchev–Trinajstić information content (AvgIpc) is 2.66. The smallest absolute Gasteiger partial charge is 0.224 e. The van der Waals surface area contributed by atoms with Gasteiger partial charge in [0.2, 0.25) is 5.91 Å². The number of amides is 1. The normalized spacial score (nSPS) is 27.9. The highest BCUT2D eigenvalue weighted by molar-refractivity contribution is 8.03. The van der Waals surface area contributed by atoms with Crippen molar-refractivity contribution in [3.8, 4) is 0 Å². The SMILES string of the molecule is CCNC(=O)[C@H]1CCN(C2CSCCSC2)C1. The minimum atomic E-state index is 0.230. The second-order valence-electron chi connectivity index (χ2n) is 4.68. The molecule has 0 aromatic carbocycles. The van der Waals surface area contributed by atoms with Crippen LogP contribution in [-0.4, -0.2) is 59.5 Å². The molecule has 0 unspecified atom stereocenters. The summed E-state index contributed by atoms with van der Waals surface area (Å²) in [5.74, 6) is 5.55. The van der Waals surface area contributed by atoms with Crippen LogP contribution in [0, 0.1) is 5.92 Å². The van der Waals surface area contributed by atoms with Gasteiger partial charge in [0.15, 0.2) is 0 Å². The fraction of sp³-hybridized carbons (Fsp3) is 0.917. The molecule has 2 rings (SSSR count). The Labute approximate surface area is 112 Å². The molecule has 3 nitrogen and oxygen atoms in total. The number of nitrogens with zero attached hydrogens (tertiary/aromatic N) is 1. The van der Waals surface area contributed by atoms with E-state index in [1.807, 2.05) is 6.92 Å². The van der Waals surface area contributed by atoms with E-state index in [-0.39, 0.29) is 11.8 Å². The lowest BCUT2D eigenvalue weighted by molar-refractivity contribution is -0.124. The highest BCUT2D eigenvalue weighted by Gasteiger charge is 2.32. The van der Waals surface area contributed by atoms with Crippen LogP contribution in [-0.2, 0) is 4.79 Å². The Bertz CT molecular complexity index is 255. The van der Waals surface area contributed by atoms with Crippen LogP contribution in [0.1, 0.15) is 13.3 Å². The van der Waals surface area contributed by atoms with Crippen molar-refractivity contribution in [3.63, 3.8) is 0 Å². The standard InChI is InChI=1S/C12H22N2OS2/c1-2-13-12(15)10-3-4-14(7-10)11-8-16-5-6-17-9-11/h10-11H,2-9H2,1H3,(H,13,15)/t10-/m0/s1. The van der Waals surface area contributed by atoms with E-state index in [4.69, 9.17) is 0 Å². The fourth-order valence-corrected chi connectivity index (χ4v) is 5.09. The Kier molecular flexibility index (Phi) is 5.50. The number of hydrogen-bond acceptors (Lipinski definition) is 4. The third kappa shape index (κ3) is 3.80. The minimum Gasteiger partial charge on any atom is -0.356 e. The Balaban J connectivity index is 1.81. The summed E-state index contributed by atoms with van der Waals surface area (Å²) in [5, 5.41) is 2.95. The molecule has 2 aliphatic heterocycles. The third-order valence-electron chi connectivity index (χ3n) is 3.45. The van der Waals surface area contributed by atoms with Crippen molar-refractivity contribution >= 4 is 29.4 Å². The third-order valence-corrected chi connectivity index (χ3v) is 5.94. The van der Waals surface area contributed by atoms with Gasteiger partial charge in [0.05, 0.1) is 5.92 Å². The molecule has 2 aliphatic rings. The zero-order valence-corrected chi connectivity index (χ0v) is 12.1. The van der Waals surface area contributed by atoms with E-state index in [0.29, 0.717) is 6.04 Å². The predicted molar refractivity (Wildman–Crippen MR) is 76.8 cm³/mol.